The van der Waals surface area contributed by atoms with Crippen molar-refractivity contribution in [3.63, 3.8) is 0 Å². The number of unbranched alkanes of at least 4 members (excludes halogenated alkanes) is 12. The second-order valence-electron chi connectivity index (χ2n) is 6.79. The van der Waals surface area contributed by atoms with E-state index in [1.54, 1.807) is 0 Å². The average Bonchev–Trinajstić information content (AvgIpc) is 2.53. The van der Waals surface area contributed by atoms with Crippen LogP contribution in [0, 0.1) is 0 Å². The van der Waals surface area contributed by atoms with Crippen molar-refractivity contribution < 1.29 is 9.53 Å². The summed E-state index contributed by atoms with van der Waals surface area (Å²) in [5.74, 6) is -0.312. The molecule has 0 N–H and O–H groups in total. The van der Waals surface area contributed by atoms with Gasteiger partial charge in [-0.2, -0.15) is 0 Å². The zero-order valence-electron chi connectivity index (χ0n) is 15.5. The summed E-state index contributed by atoms with van der Waals surface area (Å²) in [4.78, 5) is 10.8. The number of ether oxygens (including phenoxy) is 1. The second-order valence-corrected chi connectivity index (χ2v) is 11.6. The molecule has 0 radical (unpaired) electrons. The van der Waals surface area contributed by atoms with Gasteiger partial charge in [0.15, 0.2) is 0 Å². The van der Waals surface area contributed by atoms with Crippen molar-refractivity contribution in [2.75, 3.05) is 6.61 Å². The van der Waals surface area contributed by atoms with E-state index < -0.39 is 3.96 Å². The summed E-state index contributed by atoms with van der Waals surface area (Å²) in [6.45, 7) is 3.90. The van der Waals surface area contributed by atoms with E-state index in [1.807, 2.05) is 0 Å². The number of alkyl halides is 2. The number of carbonyl (C=O) groups excluding carboxylic acids is 1. The Labute approximate surface area is 162 Å². The van der Waals surface area contributed by atoms with Gasteiger partial charge in [0.1, 0.15) is 0 Å². The van der Waals surface area contributed by atoms with Crippen molar-refractivity contribution in [3.05, 3.63) is 12.7 Å². The summed E-state index contributed by atoms with van der Waals surface area (Å²) in [5.41, 5.74) is 0. The Hall–Kier alpha value is 0.00688. The summed E-state index contributed by atoms with van der Waals surface area (Å²) in [6.07, 6.45) is 18.7. The van der Waals surface area contributed by atoms with Crippen LogP contribution in [0.3, 0.4) is 0 Å². The monoisotopic (exact) mass is 394 g/mol. The highest BCUT2D eigenvalue weighted by Gasteiger charge is 2.14. The predicted molar refractivity (Wildman–Crippen MR) is 110 cm³/mol. The lowest BCUT2D eigenvalue weighted by molar-refractivity contribution is -0.137. The molecule has 0 fully saturated rings. The summed E-state index contributed by atoms with van der Waals surface area (Å²) in [6, 6.07) is 0. The van der Waals surface area contributed by atoms with Gasteiger partial charge < -0.3 is 4.74 Å². The summed E-state index contributed by atoms with van der Waals surface area (Å²) in [5, 5.41) is 0. The highest BCUT2D eigenvalue weighted by atomic mass is 35.5. The van der Waals surface area contributed by atoms with Crippen molar-refractivity contribution in [2.45, 2.75) is 93.8 Å². The lowest BCUT2D eigenvalue weighted by Crippen LogP contribution is -2.11. The van der Waals surface area contributed by atoms with E-state index in [-0.39, 0.29) is 5.97 Å². The molecular weight excluding hydrogens is 359 g/mol. The molecule has 0 aliphatic rings. The molecule has 0 bridgehead atoms. The molecule has 142 valence electrons. The molecule has 2 nitrogen and oxygen atoms in total. The molecular formula is C19H36Cl2O2Si. The van der Waals surface area contributed by atoms with Crippen molar-refractivity contribution in [1.82, 2.24) is 0 Å². The molecule has 24 heavy (non-hydrogen) atoms. The zero-order chi connectivity index (χ0) is 18.1. The first kappa shape index (κ1) is 24.0. The number of rotatable bonds is 17. The Balaban J connectivity index is 3.08. The van der Waals surface area contributed by atoms with Gasteiger partial charge in [-0.1, -0.05) is 83.6 Å². The molecule has 0 aromatic rings. The van der Waals surface area contributed by atoms with Gasteiger partial charge in [-0.15, -0.1) is 23.2 Å². The van der Waals surface area contributed by atoms with E-state index >= 15 is 0 Å². The van der Waals surface area contributed by atoms with E-state index in [9.17, 15) is 4.79 Å². The number of carbonyl (C=O) groups is 1. The molecule has 0 aromatic carbocycles. The van der Waals surface area contributed by atoms with E-state index in [0.717, 1.165) is 29.5 Å². The molecule has 0 spiro atoms. The fourth-order valence-corrected chi connectivity index (χ4v) is 3.33. The van der Waals surface area contributed by atoms with Gasteiger partial charge in [-0.05, 0) is 12.8 Å². The largest absolute Gasteiger partial charge is 0.463 e. The quantitative estimate of drug-likeness (QED) is 0.104. The highest BCUT2D eigenvalue weighted by molar-refractivity contribution is 6.65. The van der Waals surface area contributed by atoms with Crippen LogP contribution in [0.15, 0.2) is 12.7 Å². The van der Waals surface area contributed by atoms with Gasteiger partial charge in [0, 0.05) is 16.3 Å². The van der Waals surface area contributed by atoms with Crippen molar-refractivity contribution >= 4 is 39.4 Å². The van der Waals surface area contributed by atoms with E-state index in [0.29, 0.717) is 6.61 Å². The van der Waals surface area contributed by atoms with Crippen molar-refractivity contribution in [2.24, 2.45) is 0 Å². The zero-order valence-corrected chi connectivity index (χ0v) is 19.0. The first-order valence-electron chi connectivity index (χ1n) is 9.63. The van der Waals surface area contributed by atoms with Crippen LogP contribution >= 0.6 is 23.2 Å². The maximum absolute atomic E-state index is 10.8. The lowest BCUT2D eigenvalue weighted by atomic mass is 10.0. The summed E-state index contributed by atoms with van der Waals surface area (Å²) < 4.78 is 4.54. The fraction of sp³-hybridized carbons (Fsp3) is 0.842. The Morgan fingerprint density at radius 2 is 1.21 bits per heavy atom. The molecule has 0 heterocycles. The fourth-order valence-electron chi connectivity index (χ4n) is 2.71. The van der Waals surface area contributed by atoms with Crippen LogP contribution in [0.4, 0.5) is 0 Å². The van der Waals surface area contributed by atoms with Crippen LogP contribution in [0.2, 0.25) is 0 Å². The second kappa shape index (κ2) is 16.5. The molecule has 0 aromatic heterocycles. The molecule has 0 saturated heterocycles. The SMILES string of the molecule is C=CC(=O)OCCCCCCCCCCCCCCCC([SiH3])(Cl)Cl. The van der Waals surface area contributed by atoms with Crippen LogP contribution in [0.5, 0.6) is 0 Å². The molecule has 0 unspecified atom stereocenters. The third-order valence-corrected chi connectivity index (χ3v) is 5.05. The molecule has 0 aliphatic heterocycles. The van der Waals surface area contributed by atoms with Crippen LogP contribution in [-0.4, -0.2) is 26.8 Å². The highest BCUT2D eigenvalue weighted by Crippen LogP contribution is 2.24. The van der Waals surface area contributed by atoms with Crippen molar-refractivity contribution in [3.8, 4) is 0 Å². The lowest BCUT2D eigenvalue weighted by Gasteiger charge is -2.12. The third-order valence-electron chi connectivity index (χ3n) is 4.17. The molecule has 0 aliphatic carbocycles. The maximum atomic E-state index is 10.8. The Morgan fingerprint density at radius 1 is 0.833 bits per heavy atom. The van der Waals surface area contributed by atoms with E-state index in [4.69, 9.17) is 27.9 Å². The first-order chi connectivity index (χ1) is 11.5. The molecule has 0 rings (SSSR count). The predicted octanol–water partition coefficient (Wildman–Crippen LogP) is 5.67. The summed E-state index contributed by atoms with van der Waals surface area (Å²) >= 11 is 12.0. The van der Waals surface area contributed by atoms with E-state index in [2.05, 4.69) is 6.58 Å². The Kier molecular flexibility index (Phi) is 16.5. The van der Waals surface area contributed by atoms with Crippen LogP contribution in [0.25, 0.3) is 0 Å². The topological polar surface area (TPSA) is 26.3 Å². The average molecular weight is 395 g/mol. The molecule has 0 atom stereocenters. The smallest absolute Gasteiger partial charge is 0.330 e. The minimum atomic E-state index is -0.407. The molecule has 5 heteroatoms. The van der Waals surface area contributed by atoms with Crippen molar-refractivity contribution in [1.29, 1.82) is 0 Å². The van der Waals surface area contributed by atoms with Gasteiger partial charge in [0.25, 0.3) is 0 Å². The molecule has 0 amide bonds. The van der Waals surface area contributed by atoms with Gasteiger partial charge in [-0.25, -0.2) is 4.79 Å². The Morgan fingerprint density at radius 3 is 1.58 bits per heavy atom. The van der Waals surface area contributed by atoms with Gasteiger partial charge in [0.2, 0.25) is 0 Å². The Bertz CT molecular complexity index is 317. The number of esters is 1. The third kappa shape index (κ3) is 20.1. The standard InChI is InChI=1S/C19H36Cl2O2Si/c1-2-18(22)23-17-15-13-11-9-7-5-3-4-6-8-10-12-14-16-19(20,21)24/h2H,1,3-17H2,24H3. The number of hydrogen-bond acceptors (Lipinski definition) is 2. The maximum Gasteiger partial charge on any atom is 0.330 e. The minimum Gasteiger partial charge on any atom is -0.463 e. The number of halogens is 2. The van der Waals surface area contributed by atoms with Gasteiger partial charge in [-0.3, -0.25) is 0 Å². The van der Waals surface area contributed by atoms with Crippen LogP contribution in [-0.2, 0) is 9.53 Å². The van der Waals surface area contributed by atoms with E-state index in [1.165, 1.54) is 76.7 Å². The first-order valence-corrected chi connectivity index (χ1v) is 11.4. The molecule has 0 saturated carbocycles. The minimum absolute atomic E-state index is 0.312. The van der Waals surface area contributed by atoms with Crippen LogP contribution < -0.4 is 0 Å². The van der Waals surface area contributed by atoms with Crippen LogP contribution in [0.1, 0.15) is 89.9 Å². The van der Waals surface area contributed by atoms with Gasteiger partial charge >= 0.3 is 5.97 Å². The number of hydrogen-bond donors (Lipinski definition) is 0. The summed E-state index contributed by atoms with van der Waals surface area (Å²) in [7, 11) is 0.856. The normalized spacial score (nSPS) is 11.6. The van der Waals surface area contributed by atoms with Gasteiger partial charge in [0.05, 0.1) is 10.6 Å².